The zero-order chi connectivity index (χ0) is 15.5. The third-order valence-electron chi connectivity index (χ3n) is 3.15. The Morgan fingerprint density at radius 2 is 1.76 bits per heavy atom. The van der Waals surface area contributed by atoms with Gasteiger partial charge >= 0.3 is 9.28 Å². The van der Waals surface area contributed by atoms with Crippen LogP contribution in [0, 0.1) is 0 Å². The summed E-state index contributed by atoms with van der Waals surface area (Å²) in [5.41, 5.74) is 1.03. The highest BCUT2D eigenvalue weighted by molar-refractivity contribution is 6.61. The molecule has 0 amide bonds. The summed E-state index contributed by atoms with van der Waals surface area (Å²) in [5.74, 6) is 0. The van der Waals surface area contributed by atoms with Crippen molar-refractivity contribution in [2.45, 2.75) is 46.1 Å². The van der Waals surface area contributed by atoms with E-state index in [1.165, 1.54) is 0 Å². The molecule has 0 saturated carbocycles. The zero-order valence-corrected chi connectivity index (χ0v) is 14.3. The molecule has 0 aliphatic carbocycles. The first kappa shape index (κ1) is 17.8. The maximum Gasteiger partial charge on any atom is 0.356 e. The molecule has 0 aliphatic rings. The van der Waals surface area contributed by atoms with Crippen molar-refractivity contribution in [1.82, 2.24) is 0 Å². The van der Waals surface area contributed by atoms with E-state index >= 15 is 0 Å². The van der Waals surface area contributed by atoms with Gasteiger partial charge in [-0.2, -0.15) is 4.99 Å². The molecule has 1 rings (SSSR count). The number of nitrogens with zero attached hydrogens (tertiary/aromatic N) is 1. The van der Waals surface area contributed by atoms with Crippen molar-refractivity contribution in [2.75, 3.05) is 13.2 Å². The molecule has 1 aromatic carbocycles. The summed E-state index contributed by atoms with van der Waals surface area (Å²) >= 11 is 0. The minimum atomic E-state index is -1.95. The number of rotatable bonds is 10. The summed E-state index contributed by atoms with van der Waals surface area (Å²) in [6.45, 7) is 7.58. The molecule has 0 aliphatic heterocycles. The summed E-state index contributed by atoms with van der Waals surface area (Å²) in [7, 11) is -1.95. The van der Waals surface area contributed by atoms with E-state index in [0.717, 1.165) is 30.0 Å². The Morgan fingerprint density at radius 1 is 1.14 bits per heavy atom. The first-order valence-electron chi connectivity index (χ1n) is 7.67. The highest BCUT2D eigenvalue weighted by Crippen LogP contribution is 2.19. The highest BCUT2D eigenvalue weighted by Gasteiger charge is 2.23. The van der Waals surface area contributed by atoms with Gasteiger partial charge in [0.05, 0.1) is 6.04 Å². The topological polar surface area (TPSA) is 47.9 Å². The molecule has 0 bridgehead atoms. The standard InChI is InChI=1S/C16H25NO3Si/c1-4-11-19-21(20-12-5-2)16-10-8-7-9-14(16)15(6-3)17-13-18/h7-10,15,21H,4-6,11-12H2,1-3H3. The molecule has 0 spiro atoms. The summed E-state index contributed by atoms with van der Waals surface area (Å²) in [5, 5.41) is 1.09. The SMILES string of the molecule is CCCO[SiH](OCCC)c1ccccc1C(CC)N=C=O. The Labute approximate surface area is 129 Å². The highest BCUT2D eigenvalue weighted by atomic mass is 28.3. The van der Waals surface area contributed by atoms with Gasteiger partial charge in [0, 0.05) is 13.2 Å². The van der Waals surface area contributed by atoms with E-state index < -0.39 is 9.28 Å². The van der Waals surface area contributed by atoms with Crippen molar-refractivity contribution in [2.24, 2.45) is 4.99 Å². The Hall–Kier alpha value is -1.26. The molecule has 4 nitrogen and oxygen atoms in total. The second kappa shape index (κ2) is 10.5. The van der Waals surface area contributed by atoms with Gasteiger partial charge in [-0.3, -0.25) is 0 Å². The van der Waals surface area contributed by atoms with Crippen LogP contribution in [0.1, 0.15) is 51.6 Å². The van der Waals surface area contributed by atoms with Gasteiger partial charge in [-0.1, -0.05) is 45.0 Å². The van der Waals surface area contributed by atoms with Crippen molar-refractivity contribution in [3.8, 4) is 0 Å². The lowest BCUT2D eigenvalue weighted by molar-refractivity contribution is 0.207. The van der Waals surface area contributed by atoms with Crippen LogP contribution < -0.4 is 5.19 Å². The lowest BCUT2D eigenvalue weighted by Gasteiger charge is -2.21. The smallest absolute Gasteiger partial charge is 0.356 e. The second-order valence-corrected chi connectivity index (χ2v) is 6.80. The molecule has 0 aromatic heterocycles. The van der Waals surface area contributed by atoms with Gasteiger partial charge in [0.15, 0.2) is 0 Å². The van der Waals surface area contributed by atoms with E-state index in [0.29, 0.717) is 13.2 Å². The maximum atomic E-state index is 10.6. The number of isocyanates is 1. The molecule has 0 fully saturated rings. The lowest BCUT2D eigenvalue weighted by Crippen LogP contribution is -2.40. The Bertz CT molecular complexity index is 453. The number of aliphatic imine (C=N–C) groups is 1. The maximum absolute atomic E-state index is 10.6. The van der Waals surface area contributed by atoms with Gasteiger partial charge in [-0.15, -0.1) is 0 Å². The quantitative estimate of drug-likeness (QED) is 0.379. The molecule has 0 heterocycles. The Morgan fingerprint density at radius 3 is 2.29 bits per heavy atom. The first-order chi connectivity index (χ1) is 10.3. The van der Waals surface area contributed by atoms with Gasteiger partial charge in [-0.25, -0.2) is 4.79 Å². The van der Waals surface area contributed by atoms with Crippen LogP contribution in [0.3, 0.4) is 0 Å². The summed E-state index contributed by atoms with van der Waals surface area (Å²) < 4.78 is 11.9. The molecule has 0 N–H and O–H groups in total. The van der Waals surface area contributed by atoms with Gasteiger partial charge in [0.25, 0.3) is 0 Å². The molecule has 21 heavy (non-hydrogen) atoms. The Kier molecular flexibility index (Phi) is 8.86. The summed E-state index contributed by atoms with van der Waals surface area (Å²) in [6, 6.07) is 7.84. The number of hydrogen-bond acceptors (Lipinski definition) is 4. The van der Waals surface area contributed by atoms with Crippen molar-refractivity contribution in [3.05, 3.63) is 29.8 Å². The number of benzene rings is 1. The van der Waals surface area contributed by atoms with Crippen LogP contribution in [0.15, 0.2) is 29.3 Å². The fourth-order valence-electron chi connectivity index (χ4n) is 2.15. The van der Waals surface area contributed by atoms with Crippen LogP contribution in [0.2, 0.25) is 0 Å². The van der Waals surface area contributed by atoms with Gasteiger partial charge in [-0.05, 0) is 30.0 Å². The van der Waals surface area contributed by atoms with Crippen LogP contribution in [0.25, 0.3) is 0 Å². The fourth-order valence-corrected chi connectivity index (χ4v) is 4.33. The van der Waals surface area contributed by atoms with Crippen molar-refractivity contribution < 1.29 is 13.6 Å². The van der Waals surface area contributed by atoms with Crippen LogP contribution in [-0.4, -0.2) is 28.6 Å². The lowest BCUT2D eigenvalue weighted by atomic mass is 10.1. The summed E-state index contributed by atoms with van der Waals surface area (Å²) in [4.78, 5) is 14.6. The minimum absolute atomic E-state index is 0.163. The van der Waals surface area contributed by atoms with Crippen LogP contribution >= 0.6 is 0 Å². The van der Waals surface area contributed by atoms with Crippen LogP contribution in [0.4, 0.5) is 0 Å². The first-order valence-corrected chi connectivity index (χ1v) is 9.19. The third-order valence-corrected chi connectivity index (χ3v) is 5.26. The van der Waals surface area contributed by atoms with E-state index in [1.807, 2.05) is 31.2 Å². The van der Waals surface area contributed by atoms with Crippen LogP contribution in [-0.2, 0) is 13.6 Å². The van der Waals surface area contributed by atoms with E-state index in [2.05, 4.69) is 18.8 Å². The zero-order valence-electron chi connectivity index (χ0n) is 13.2. The van der Waals surface area contributed by atoms with Gasteiger partial charge in [0.1, 0.15) is 0 Å². The molecule has 0 radical (unpaired) electrons. The average molecular weight is 307 g/mol. The predicted molar refractivity (Wildman–Crippen MR) is 86.9 cm³/mol. The molecule has 1 aromatic rings. The molecule has 5 heteroatoms. The monoisotopic (exact) mass is 307 g/mol. The Balaban J connectivity index is 3.07. The molecular formula is C16H25NO3Si. The molecule has 1 atom stereocenters. The van der Waals surface area contributed by atoms with Crippen LogP contribution in [0.5, 0.6) is 0 Å². The van der Waals surface area contributed by atoms with Gasteiger partial charge in [0.2, 0.25) is 6.08 Å². The molecular weight excluding hydrogens is 282 g/mol. The van der Waals surface area contributed by atoms with Crippen molar-refractivity contribution >= 4 is 20.6 Å². The second-order valence-electron chi connectivity index (χ2n) is 4.85. The van der Waals surface area contributed by atoms with E-state index in [1.54, 1.807) is 6.08 Å². The minimum Gasteiger partial charge on any atom is -0.393 e. The van der Waals surface area contributed by atoms with E-state index in [-0.39, 0.29) is 6.04 Å². The predicted octanol–water partition coefficient (Wildman–Crippen LogP) is 2.75. The third kappa shape index (κ3) is 5.56. The van der Waals surface area contributed by atoms with E-state index in [4.69, 9.17) is 8.85 Å². The number of hydrogen-bond donors (Lipinski definition) is 0. The largest absolute Gasteiger partial charge is 0.393 e. The number of carbonyl (C=O) groups excluding carboxylic acids is 1. The van der Waals surface area contributed by atoms with Gasteiger partial charge < -0.3 is 8.85 Å². The molecule has 1 unspecified atom stereocenters. The molecule has 116 valence electrons. The fraction of sp³-hybridized carbons (Fsp3) is 0.562. The average Bonchev–Trinajstić information content (AvgIpc) is 2.53. The van der Waals surface area contributed by atoms with Crippen molar-refractivity contribution in [3.63, 3.8) is 0 Å². The van der Waals surface area contributed by atoms with Crippen molar-refractivity contribution in [1.29, 1.82) is 0 Å². The normalized spacial score (nSPS) is 12.2. The summed E-state index contributed by atoms with van der Waals surface area (Å²) in [6.07, 6.45) is 4.36. The molecule has 0 saturated heterocycles. The van der Waals surface area contributed by atoms with E-state index in [9.17, 15) is 4.79 Å².